The van der Waals surface area contributed by atoms with Crippen molar-refractivity contribution in [1.29, 1.82) is 0 Å². The lowest BCUT2D eigenvalue weighted by molar-refractivity contribution is -0.384. The molecule has 10 heteroatoms. The Morgan fingerprint density at radius 1 is 1.22 bits per heavy atom. The van der Waals surface area contributed by atoms with Crippen molar-refractivity contribution in [2.75, 3.05) is 44.2 Å². The third kappa shape index (κ3) is 4.32. The molecule has 2 fully saturated rings. The minimum atomic E-state index is -4.64. The summed E-state index contributed by atoms with van der Waals surface area (Å²) < 4.78 is 38.5. The zero-order valence-corrected chi connectivity index (χ0v) is 14.7. The molecular formula is C17H21F3N4O3. The van der Waals surface area contributed by atoms with Crippen LogP contribution in [0.5, 0.6) is 0 Å². The monoisotopic (exact) mass is 386 g/mol. The molecule has 0 bridgehead atoms. The molecule has 27 heavy (non-hydrogen) atoms. The van der Waals surface area contributed by atoms with E-state index in [0.29, 0.717) is 38.8 Å². The molecule has 0 aromatic heterocycles. The van der Waals surface area contributed by atoms with Crippen LogP contribution in [0, 0.1) is 16.0 Å². The second-order valence-corrected chi connectivity index (χ2v) is 6.81. The molecule has 3 rings (SSSR count). The molecule has 0 aliphatic carbocycles. The first-order valence-corrected chi connectivity index (χ1v) is 8.87. The van der Waals surface area contributed by atoms with Crippen LogP contribution in [0.15, 0.2) is 18.2 Å². The Morgan fingerprint density at radius 2 is 1.93 bits per heavy atom. The summed E-state index contributed by atoms with van der Waals surface area (Å²) in [6, 6.07) is 2.57. The van der Waals surface area contributed by atoms with Crippen molar-refractivity contribution < 1.29 is 22.9 Å². The molecule has 1 N–H and O–H groups in total. The van der Waals surface area contributed by atoms with Crippen LogP contribution in [-0.2, 0) is 11.0 Å². The van der Waals surface area contributed by atoms with Crippen LogP contribution in [0.1, 0.15) is 18.4 Å². The highest BCUT2D eigenvalue weighted by molar-refractivity contribution is 5.79. The molecule has 1 unspecified atom stereocenters. The molecule has 0 spiro atoms. The van der Waals surface area contributed by atoms with Gasteiger partial charge in [-0.15, -0.1) is 0 Å². The Morgan fingerprint density at radius 3 is 2.48 bits per heavy atom. The van der Waals surface area contributed by atoms with Crippen molar-refractivity contribution in [3.63, 3.8) is 0 Å². The van der Waals surface area contributed by atoms with Gasteiger partial charge in [-0.25, -0.2) is 0 Å². The fourth-order valence-corrected chi connectivity index (χ4v) is 3.60. The van der Waals surface area contributed by atoms with Gasteiger partial charge in [-0.2, -0.15) is 13.2 Å². The normalized spacial score (nSPS) is 21.2. The minimum Gasteiger partial charge on any atom is -0.362 e. The fraction of sp³-hybridized carbons (Fsp3) is 0.588. The van der Waals surface area contributed by atoms with Gasteiger partial charge in [0, 0.05) is 38.8 Å². The highest BCUT2D eigenvalue weighted by Crippen LogP contribution is 2.36. The second kappa shape index (κ2) is 7.71. The smallest absolute Gasteiger partial charge is 0.362 e. The van der Waals surface area contributed by atoms with Gasteiger partial charge in [-0.3, -0.25) is 14.9 Å². The van der Waals surface area contributed by atoms with Crippen LogP contribution in [0.2, 0.25) is 0 Å². The van der Waals surface area contributed by atoms with Crippen molar-refractivity contribution in [2.45, 2.75) is 19.0 Å². The van der Waals surface area contributed by atoms with E-state index in [1.807, 2.05) is 0 Å². The number of nitro groups is 1. The predicted octanol–water partition coefficient (Wildman–Crippen LogP) is 2.26. The van der Waals surface area contributed by atoms with Crippen molar-refractivity contribution in [1.82, 2.24) is 10.2 Å². The first-order chi connectivity index (χ1) is 12.8. The zero-order valence-electron chi connectivity index (χ0n) is 14.7. The maximum atomic E-state index is 12.8. The molecule has 1 atom stereocenters. The number of carbonyl (C=O) groups excluding carboxylic acids is 1. The van der Waals surface area contributed by atoms with E-state index in [4.69, 9.17) is 0 Å². The Kier molecular flexibility index (Phi) is 5.54. The molecular weight excluding hydrogens is 365 g/mol. The lowest BCUT2D eigenvalue weighted by Gasteiger charge is -2.38. The van der Waals surface area contributed by atoms with Gasteiger partial charge in [-0.1, -0.05) is 0 Å². The SMILES string of the molecule is O=C(C1CCCNC1)N1CCN(c2ccc(C(F)(F)F)cc2[N+](=O)[O-])CC1. The number of benzene rings is 1. The first kappa shape index (κ1) is 19.4. The fourth-order valence-electron chi connectivity index (χ4n) is 3.60. The third-order valence-electron chi connectivity index (χ3n) is 5.08. The van der Waals surface area contributed by atoms with Crippen LogP contribution in [-0.4, -0.2) is 55.0 Å². The summed E-state index contributed by atoms with van der Waals surface area (Å²) in [6.45, 7) is 3.05. The zero-order chi connectivity index (χ0) is 19.6. The maximum Gasteiger partial charge on any atom is 0.416 e. The number of amides is 1. The standard InChI is InChI=1S/C17H21F3N4O3/c18-17(19,20)13-3-4-14(15(10-13)24(26)27)22-6-8-23(9-7-22)16(25)12-2-1-5-21-11-12/h3-4,10,12,21H,1-2,5-9,11H2. The van der Waals surface area contributed by atoms with Gasteiger partial charge >= 0.3 is 6.18 Å². The molecule has 2 aliphatic rings. The van der Waals surface area contributed by atoms with Gasteiger partial charge in [-0.05, 0) is 31.5 Å². The number of piperazine rings is 1. The number of alkyl halides is 3. The molecule has 1 aromatic rings. The second-order valence-electron chi connectivity index (χ2n) is 6.81. The molecule has 2 aliphatic heterocycles. The number of carbonyl (C=O) groups is 1. The number of piperidine rings is 1. The van der Waals surface area contributed by atoms with E-state index in [0.717, 1.165) is 31.5 Å². The van der Waals surface area contributed by atoms with Crippen LogP contribution >= 0.6 is 0 Å². The molecule has 0 radical (unpaired) electrons. The molecule has 2 heterocycles. The lowest BCUT2D eigenvalue weighted by Crippen LogP contribution is -2.52. The number of anilines is 1. The van der Waals surface area contributed by atoms with E-state index in [2.05, 4.69) is 5.32 Å². The topological polar surface area (TPSA) is 78.7 Å². The Bertz CT molecular complexity index is 712. The molecule has 148 valence electrons. The van der Waals surface area contributed by atoms with Crippen LogP contribution in [0.4, 0.5) is 24.5 Å². The highest BCUT2D eigenvalue weighted by atomic mass is 19.4. The van der Waals surface area contributed by atoms with E-state index in [-0.39, 0.29) is 17.5 Å². The lowest BCUT2D eigenvalue weighted by atomic mass is 9.98. The number of nitrogens with zero attached hydrogens (tertiary/aromatic N) is 3. The number of hydrogen-bond donors (Lipinski definition) is 1. The average molecular weight is 386 g/mol. The van der Waals surface area contributed by atoms with Gasteiger partial charge < -0.3 is 15.1 Å². The summed E-state index contributed by atoms with van der Waals surface area (Å²) in [7, 11) is 0. The van der Waals surface area contributed by atoms with Gasteiger partial charge in [0.1, 0.15) is 5.69 Å². The number of hydrogen-bond acceptors (Lipinski definition) is 5. The van der Waals surface area contributed by atoms with Gasteiger partial charge in [0.2, 0.25) is 5.91 Å². The number of nitrogens with one attached hydrogen (secondary N) is 1. The van der Waals surface area contributed by atoms with Crippen molar-refractivity contribution in [2.24, 2.45) is 5.92 Å². The van der Waals surface area contributed by atoms with Crippen LogP contribution < -0.4 is 10.2 Å². The summed E-state index contributed by atoms with van der Waals surface area (Å²) in [5.41, 5.74) is -1.46. The quantitative estimate of drug-likeness (QED) is 0.637. The van der Waals surface area contributed by atoms with Gasteiger partial charge in [0.25, 0.3) is 5.69 Å². The van der Waals surface area contributed by atoms with Crippen LogP contribution in [0.25, 0.3) is 0 Å². The van der Waals surface area contributed by atoms with E-state index in [1.165, 1.54) is 0 Å². The van der Waals surface area contributed by atoms with Crippen molar-refractivity contribution in [3.05, 3.63) is 33.9 Å². The van der Waals surface area contributed by atoms with E-state index >= 15 is 0 Å². The van der Waals surface area contributed by atoms with Gasteiger partial charge in [0.05, 0.1) is 16.4 Å². The van der Waals surface area contributed by atoms with E-state index in [1.54, 1.807) is 9.80 Å². The van der Waals surface area contributed by atoms with E-state index in [9.17, 15) is 28.1 Å². The molecule has 7 nitrogen and oxygen atoms in total. The van der Waals surface area contributed by atoms with Gasteiger partial charge in [0.15, 0.2) is 0 Å². The molecule has 1 amide bonds. The number of rotatable bonds is 3. The summed E-state index contributed by atoms with van der Waals surface area (Å²) in [5.74, 6) is 0.0227. The Balaban J connectivity index is 1.70. The maximum absolute atomic E-state index is 12.8. The Labute approximate surface area is 154 Å². The molecule has 0 saturated carbocycles. The van der Waals surface area contributed by atoms with Crippen molar-refractivity contribution >= 4 is 17.3 Å². The summed E-state index contributed by atoms with van der Waals surface area (Å²) in [4.78, 5) is 26.4. The first-order valence-electron chi connectivity index (χ1n) is 8.87. The third-order valence-corrected chi connectivity index (χ3v) is 5.08. The highest BCUT2D eigenvalue weighted by Gasteiger charge is 2.35. The number of nitro benzene ring substituents is 1. The summed E-state index contributed by atoms with van der Waals surface area (Å²) in [6.07, 6.45) is -2.84. The Hall–Kier alpha value is -2.36. The van der Waals surface area contributed by atoms with Crippen molar-refractivity contribution in [3.8, 4) is 0 Å². The summed E-state index contributed by atoms with van der Waals surface area (Å²) in [5, 5.41) is 14.5. The number of halogens is 3. The minimum absolute atomic E-state index is 0.0503. The molecule has 2 saturated heterocycles. The molecule has 1 aromatic carbocycles. The predicted molar refractivity (Wildman–Crippen MR) is 92.5 cm³/mol. The summed E-state index contributed by atoms with van der Waals surface area (Å²) >= 11 is 0. The average Bonchev–Trinajstić information content (AvgIpc) is 2.67. The van der Waals surface area contributed by atoms with E-state index < -0.39 is 22.4 Å². The largest absolute Gasteiger partial charge is 0.416 e. The van der Waals surface area contributed by atoms with Crippen LogP contribution in [0.3, 0.4) is 0 Å².